The molecule has 1 aliphatic carbocycles. The van der Waals surface area contributed by atoms with Crippen molar-refractivity contribution < 1.29 is 22.7 Å². The summed E-state index contributed by atoms with van der Waals surface area (Å²) in [7, 11) is -3.30. The molecule has 2 rings (SSSR count). The van der Waals surface area contributed by atoms with Gasteiger partial charge in [-0.1, -0.05) is 13.3 Å². The summed E-state index contributed by atoms with van der Waals surface area (Å²) in [4.78, 5) is 11.8. The Morgan fingerprint density at radius 2 is 2.10 bits per heavy atom. The summed E-state index contributed by atoms with van der Waals surface area (Å²) in [5.41, 5.74) is 0. The van der Waals surface area contributed by atoms with E-state index in [1.807, 2.05) is 0 Å². The van der Waals surface area contributed by atoms with Gasteiger partial charge in [0, 0.05) is 19.0 Å². The predicted octanol–water partition coefficient (Wildman–Crippen LogP) is 0.512. The third-order valence-corrected chi connectivity index (χ3v) is 5.78. The molecule has 1 aliphatic heterocycles. The lowest BCUT2D eigenvalue weighted by Crippen LogP contribution is -2.52. The van der Waals surface area contributed by atoms with E-state index in [1.54, 1.807) is 0 Å². The molecule has 0 aromatic rings. The number of sulfone groups is 1. The molecule has 1 saturated heterocycles. The zero-order valence-electron chi connectivity index (χ0n) is 12.5. The minimum Gasteiger partial charge on any atom is -0.379 e. The van der Waals surface area contributed by atoms with E-state index in [0.29, 0.717) is 19.1 Å². The van der Waals surface area contributed by atoms with Gasteiger partial charge in [0.15, 0.2) is 9.84 Å². The molecule has 0 aromatic carbocycles. The van der Waals surface area contributed by atoms with Crippen molar-refractivity contribution in [2.24, 2.45) is 5.92 Å². The number of ether oxygens (including phenoxy) is 2. The molecule has 0 unspecified atom stereocenters. The first kappa shape index (κ1) is 16.7. The van der Waals surface area contributed by atoms with Crippen molar-refractivity contribution in [2.75, 3.05) is 31.3 Å². The Hall–Kier alpha value is -0.660. The summed E-state index contributed by atoms with van der Waals surface area (Å²) in [6.45, 7) is 3.27. The highest BCUT2D eigenvalue weighted by Gasteiger charge is 2.30. The van der Waals surface area contributed by atoms with Crippen molar-refractivity contribution in [3.63, 3.8) is 0 Å². The fourth-order valence-corrected chi connectivity index (χ4v) is 3.21. The predicted molar refractivity (Wildman–Crippen MR) is 78.8 cm³/mol. The quantitative estimate of drug-likeness (QED) is 0.739. The standard InChI is InChI=1S/C14H25NO5S/c1-2-21(17,18)10-14(16)15-12-9-19-7-6-13(12)20-8-11-4-3-5-11/h11-13H,2-10H2,1H3,(H,15,16)/t12-,13+/m1/s1. The van der Waals surface area contributed by atoms with Gasteiger partial charge >= 0.3 is 0 Å². The summed E-state index contributed by atoms with van der Waals surface area (Å²) in [6.07, 6.45) is 4.37. The Bertz CT molecular complexity index is 446. The van der Waals surface area contributed by atoms with Gasteiger partial charge in [-0.25, -0.2) is 8.42 Å². The van der Waals surface area contributed by atoms with Gasteiger partial charge in [-0.2, -0.15) is 0 Å². The van der Waals surface area contributed by atoms with Crippen LogP contribution in [0, 0.1) is 5.92 Å². The molecule has 1 heterocycles. The lowest BCUT2D eigenvalue weighted by Gasteiger charge is -2.34. The van der Waals surface area contributed by atoms with Crippen LogP contribution in [0.15, 0.2) is 0 Å². The molecule has 2 fully saturated rings. The Balaban J connectivity index is 1.81. The zero-order valence-corrected chi connectivity index (χ0v) is 13.4. The zero-order chi connectivity index (χ0) is 15.3. The van der Waals surface area contributed by atoms with E-state index in [0.717, 1.165) is 13.0 Å². The van der Waals surface area contributed by atoms with Crippen LogP contribution in [0.5, 0.6) is 0 Å². The van der Waals surface area contributed by atoms with Crippen molar-refractivity contribution in [3.8, 4) is 0 Å². The molecule has 2 atom stereocenters. The van der Waals surface area contributed by atoms with Crippen LogP contribution in [0.25, 0.3) is 0 Å². The third kappa shape index (κ3) is 5.23. The van der Waals surface area contributed by atoms with E-state index in [-0.39, 0.29) is 17.9 Å². The Morgan fingerprint density at radius 1 is 1.33 bits per heavy atom. The van der Waals surface area contributed by atoms with E-state index in [2.05, 4.69) is 5.32 Å². The number of nitrogens with one attached hydrogen (secondary N) is 1. The molecule has 7 heteroatoms. The number of carbonyl (C=O) groups excluding carboxylic acids is 1. The van der Waals surface area contributed by atoms with Crippen LogP contribution >= 0.6 is 0 Å². The van der Waals surface area contributed by atoms with Crippen molar-refractivity contribution in [1.29, 1.82) is 0 Å². The van der Waals surface area contributed by atoms with Gasteiger partial charge in [-0.15, -0.1) is 0 Å². The normalized spacial score (nSPS) is 27.1. The second kappa shape index (κ2) is 7.56. The molecular weight excluding hydrogens is 294 g/mol. The molecule has 1 saturated carbocycles. The topological polar surface area (TPSA) is 81.7 Å². The monoisotopic (exact) mass is 319 g/mol. The van der Waals surface area contributed by atoms with E-state index in [9.17, 15) is 13.2 Å². The number of hydrogen-bond donors (Lipinski definition) is 1. The minimum atomic E-state index is -3.30. The van der Waals surface area contributed by atoms with Crippen molar-refractivity contribution in [3.05, 3.63) is 0 Å². The van der Waals surface area contributed by atoms with Crippen molar-refractivity contribution in [1.82, 2.24) is 5.32 Å². The third-order valence-electron chi connectivity index (χ3n) is 4.20. The van der Waals surface area contributed by atoms with E-state index >= 15 is 0 Å². The summed E-state index contributed by atoms with van der Waals surface area (Å²) < 4.78 is 34.2. The highest BCUT2D eigenvalue weighted by Crippen LogP contribution is 2.27. The van der Waals surface area contributed by atoms with E-state index in [4.69, 9.17) is 9.47 Å². The highest BCUT2D eigenvalue weighted by molar-refractivity contribution is 7.92. The van der Waals surface area contributed by atoms with Crippen LogP contribution in [0.2, 0.25) is 0 Å². The minimum absolute atomic E-state index is 0.0246. The Labute approximate surface area is 126 Å². The number of hydrogen-bond acceptors (Lipinski definition) is 5. The molecule has 21 heavy (non-hydrogen) atoms. The van der Waals surface area contributed by atoms with Crippen molar-refractivity contribution >= 4 is 15.7 Å². The summed E-state index contributed by atoms with van der Waals surface area (Å²) in [5.74, 6) is -0.312. The summed E-state index contributed by atoms with van der Waals surface area (Å²) >= 11 is 0. The van der Waals surface area contributed by atoms with Crippen molar-refractivity contribution in [2.45, 2.75) is 44.8 Å². The molecule has 6 nitrogen and oxygen atoms in total. The summed E-state index contributed by atoms with van der Waals surface area (Å²) in [5, 5.41) is 2.75. The fraction of sp³-hybridized carbons (Fsp3) is 0.929. The molecule has 1 amide bonds. The van der Waals surface area contributed by atoms with Gasteiger partial charge in [0.25, 0.3) is 0 Å². The first-order valence-corrected chi connectivity index (χ1v) is 9.51. The number of rotatable bonds is 7. The van der Waals surface area contributed by atoms with Crippen LogP contribution in [0.1, 0.15) is 32.6 Å². The second-order valence-corrected chi connectivity index (χ2v) is 8.24. The second-order valence-electron chi connectivity index (χ2n) is 5.88. The molecule has 1 N–H and O–H groups in total. The van der Waals surface area contributed by atoms with Gasteiger partial charge in [0.2, 0.25) is 5.91 Å². The highest BCUT2D eigenvalue weighted by atomic mass is 32.2. The molecule has 0 spiro atoms. The number of amides is 1. The van der Waals surface area contributed by atoms with Gasteiger partial charge in [-0.3, -0.25) is 4.79 Å². The molecular formula is C14H25NO5S. The van der Waals surface area contributed by atoms with E-state index in [1.165, 1.54) is 26.2 Å². The average molecular weight is 319 g/mol. The van der Waals surface area contributed by atoms with Crippen LogP contribution in [-0.2, 0) is 24.1 Å². The maximum atomic E-state index is 11.8. The van der Waals surface area contributed by atoms with Gasteiger partial charge in [0.05, 0.1) is 18.8 Å². The van der Waals surface area contributed by atoms with Crippen LogP contribution in [0.4, 0.5) is 0 Å². The SMILES string of the molecule is CCS(=O)(=O)CC(=O)N[C@@H]1COCC[C@@H]1OCC1CCC1. The fourth-order valence-electron chi connectivity index (χ4n) is 2.52. The van der Waals surface area contributed by atoms with Gasteiger partial charge < -0.3 is 14.8 Å². The smallest absolute Gasteiger partial charge is 0.235 e. The molecule has 0 bridgehead atoms. The van der Waals surface area contributed by atoms with Crippen LogP contribution < -0.4 is 5.32 Å². The lowest BCUT2D eigenvalue weighted by molar-refractivity contribution is -0.124. The number of carbonyl (C=O) groups is 1. The average Bonchev–Trinajstić information content (AvgIpc) is 2.38. The first-order valence-electron chi connectivity index (χ1n) is 7.69. The van der Waals surface area contributed by atoms with Crippen LogP contribution in [-0.4, -0.2) is 57.8 Å². The summed E-state index contributed by atoms with van der Waals surface area (Å²) in [6, 6.07) is -0.251. The molecule has 2 aliphatic rings. The Kier molecular flexibility index (Phi) is 6.01. The van der Waals surface area contributed by atoms with Crippen LogP contribution in [0.3, 0.4) is 0 Å². The molecule has 122 valence electrons. The molecule has 0 aromatic heterocycles. The maximum Gasteiger partial charge on any atom is 0.235 e. The van der Waals surface area contributed by atoms with Gasteiger partial charge in [0.1, 0.15) is 5.75 Å². The first-order chi connectivity index (χ1) is 10.00. The van der Waals surface area contributed by atoms with Gasteiger partial charge in [-0.05, 0) is 25.2 Å². The largest absolute Gasteiger partial charge is 0.379 e. The Morgan fingerprint density at radius 3 is 2.71 bits per heavy atom. The van der Waals surface area contributed by atoms with E-state index < -0.39 is 21.5 Å². The molecule has 0 radical (unpaired) electrons. The lowest BCUT2D eigenvalue weighted by atomic mass is 9.86. The maximum absolute atomic E-state index is 11.8.